The summed E-state index contributed by atoms with van der Waals surface area (Å²) in [5.41, 5.74) is 2.43. The van der Waals surface area contributed by atoms with Crippen molar-refractivity contribution in [3.05, 3.63) is 96.1 Å². The molecule has 0 fully saturated rings. The molecule has 160 valence electrons. The summed E-state index contributed by atoms with van der Waals surface area (Å²) in [6.07, 6.45) is 1.44. The monoisotopic (exact) mass is 455 g/mol. The van der Waals surface area contributed by atoms with Gasteiger partial charge in [-0.3, -0.25) is 4.72 Å². The normalized spacial score (nSPS) is 16.7. The van der Waals surface area contributed by atoms with E-state index in [0.717, 1.165) is 16.2 Å². The van der Waals surface area contributed by atoms with Gasteiger partial charge in [-0.1, -0.05) is 60.7 Å². The molecule has 0 aromatic heterocycles. The first-order chi connectivity index (χ1) is 14.7. The molecule has 4 rings (SSSR count). The van der Waals surface area contributed by atoms with E-state index in [0.29, 0.717) is 23.4 Å². The van der Waals surface area contributed by atoms with Gasteiger partial charge >= 0.3 is 0 Å². The molecular weight excluding hydrogens is 434 g/mol. The number of hydrogen-bond donors (Lipinski definition) is 1. The van der Waals surface area contributed by atoms with Crippen LogP contribution in [-0.2, 0) is 20.0 Å². The molecule has 7 nitrogen and oxygen atoms in total. The van der Waals surface area contributed by atoms with Crippen molar-refractivity contribution >= 4 is 31.4 Å². The van der Waals surface area contributed by atoms with Crippen LogP contribution in [-0.4, -0.2) is 33.2 Å². The van der Waals surface area contributed by atoms with Gasteiger partial charge in [0.25, 0.3) is 10.0 Å². The highest BCUT2D eigenvalue weighted by molar-refractivity contribution is 7.92. The summed E-state index contributed by atoms with van der Waals surface area (Å²) in [7, 11) is -7.32. The summed E-state index contributed by atoms with van der Waals surface area (Å²) in [6, 6.07) is 23.8. The Hall–Kier alpha value is -3.17. The number of sulfonamides is 2. The summed E-state index contributed by atoms with van der Waals surface area (Å²) < 4.78 is 53.5. The molecule has 0 saturated carbocycles. The minimum atomic E-state index is -3.88. The number of nitrogens with zero attached hydrogens (tertiary/aromatic N) is 2. The van der Waals surface area contributed by atoms with Crippen LogP contribution in [0.3, 0.4) is 0 Å². The Labute approximate surface area is 182 Å². The summed E-state index contributed by atoms with van der Waals surface area (Å²) in [4.78, 5) is 0.161. The van der Waals surface area contributed by atoms with Crippen LogP contribution in [0.15, 0.2) is 94.9 Å². The van der Waals surface area contributed by atoms with Crippen molar-refractivity contribution in [2.24, 2.45) is 5.10 Å². The highest BCUT2D eigenvalue weighted by Crippen LogP contribution is 2.37. The van der Waals surface area contributed by atoms with Gasteiger partial charge < -0.3 is 0 Å². The molecule has 9 heteroatoms. The lowest BCUT2D eigenvalue weighted by molar-refractivity contribution is 0.371. The molecule has 1 heterocycles. The predicted molar refractivity (Wildman–Crippen MR) is 121 cm³/mol. The first-order valence-corrected chi connectivity index (χ1v) is 12.9. The van der Waals surface area contributed by atoms with E-state index in [1.165, 1.54) is 0 Å². The molecule has 1 aliphatic heterocycles. The minimum absolute atomic E-state index is 0.161. The minimum Gasteiger partial charge on any atom is -0.284 e. The zero-order chi connectivity index (χ0) is 22.1. The molecule has 0 amide bonds. The molecule has 1 aliphatic rings. The lowest BCUT2D eigenvalue weighted by atomic mass is 9.99. The van der Waals surface area contributed by atoms with Crippen molar-refractivity contribution in [3.63, 3.8) is 0 Å². The largest absolute Gasteiger partial charge is 0.284 e. The average molecular weight is 456 g/mol. The molecule has 1 N–H and O–H groups in total. The lowest BCUT2D eigenvalue weighted by Crippen LogP contribution is -2.27. The molecular formula is C22H21N3O4S2. The maximum Gasteiger partial charge on any atom is 0.279 e. The Bertz CT molecular complexity index is 1320. The van der Waals surface area contributed by atoms with Crippen LogP contribution in [0.4, 0.5) is 5.69 Å². The number of hydrogen-bond acceptors (Lipinski definition) is 5. The topological polar surface area (TPSA) is 95.9 Å². The maximum absolute atomic E-state index is 13.4. The van der Waals surface area contributed by atoms with Crippen LogP contribution in [0.2, 0.25) is 0 Å². The first-order valence-electron chi connectivity index (χ1n) is 9.54. The lowest BCUT2D eigenvalue weighted by Gasteiger charge is -2.23. The highest BCUT2D eigenvalue weighted by atomic mass is 32.2. The Morgan fingerprint density at radius 3 is 2.16 bits per heavy atom. The summed E-state index contributed by atoms with van der Waals surface area (Å²) >= 11 is 0. The van der Waals surface area contributed by atoms with Gasteiger partial charge in [-0.15, -0.1) is 0 Å². The molecule has 0 radical (unpaired) electrons. The Balaban J connectivity index is 1.77. The second-order valence-corrected chi connectivity index (χ2v) is 10.8. The molecule has 0 spiro atoms. The van der Waals surface area contributed by atoms with Crippen LogP contribution in [0, 0.1) is 0 Å². The van der Waals surface area contributed by atoms with Gasteiger partial charge in [-0.05, 0) is 35.4 Å². The zero-order valence-electron chi connectivity index (χ0n) is 16.7. The maximum atomic E-state index is 13.4. The van der Waals surface area contributed by atoms with Crippen molar-refractivity contribution in [3.8, 4) is 0 Å². The number of nitrogens with one attached hydrogen (secondary N) is 1. The summed E-state index contributed by atoms with van der Waals surface area (Å²) in [5.74, 6) is 0. The third kappa shape index (κ3) is 4.62. The first kappa shape index (κ1) is 21.1. The second-order valence-electron chi connectivity index (χ2n) is 7.22. The fourth-order valence-corrected chi connectivity index (χ4v) is 5.49. The Morgan fingerprint density at radius 2 is 1.52 bits per heavy atom. The number of hydrazone groups is 1. The van der Waals surface area contributed by atoms with E-state index >= 15 is 0 Å². The third-order valence-electron chi connectivity index (χ3n) is 4.84. The van der Waals surface area contributed by atoms with E-state index in [9.17, 15) is 16.8 Å². The van der Waals surface area contributed by atoms with Gasteiger partial charge in [-0.25, -0.2) is 8.42 Å². The van der Waals surface area contributed by atoms with Crippen LogP contribution >= 0.6 is 0 Å². The predicted octanol–water partition coefficient (Wildman–Crippen LogP) is 3.60. The molecule has 3 aromatic carbocycles. The van der Waals surface area contributed by atoms with Gasteiger partial charge in [0, 0.05) is 12.1 Å². The van der Waals surface area contributed by atoms with E-state index in [1.807, 2.05) is 30.3 Å². The van der Waals surface area contributed by atoms with Gasteiger partial charge in [0.15, 0.2) is 0 Å². The SMILES string of the molecule is CS(=O)(=O)Nc1cccc(C2=NN(S(=O)(=O)c3ccccc3)[C@H](c3ccccc3)C2)c1. The number of anilines is 1. The molecule has 31 heavy (non-hydrogen) atoms. The van der Waals surface area contributed by atoms with Crippen LogP contribution in [0.5, 0.6) is 0 Å². The Morgan fingerprint density at radius 1 is 0.871 bits per heavy atom. The van der Waals surface area contributed by atoms with Crippen LogP contribution in [0.25, 0.3) is 0 Å². The van der Waals surface area contributed by atoms with Gasteiger partial charge in [0.1, 0.15) is 0 Å². The number of benzene rings is 3. The summed E-state index contributed by atoms with van der Waals surface area (Å²) in [6.45, 7) is 0. The smallest absolute Gasteiger partial charge is 0.279 e. The third-order valence-corrected chi connectivity index (χ3v) is 7.15. The van der Waals surface area contributed by atoms with Crippen LogP contribution in [0.1, 0.15) is 23.6 Å². The van der Waals surface area contributed by atoms with E-state index in [2.05, 4.69) is 9.82 Å². The van der Waals surface area contributed by atoms with E-state index in [4.69, 9.17) is 0 Å². The molecule has 0 saturated heterocycles. The molecule has 3 aromatic rings. The number of rotatable bonds is 6. The van der Waals surface area contributed by atoms with E-state index < -0.39 is 26.1 Å². The molecule has 0 bridgehead atoms. The molecule has 0 unspecified atom stereocenters. The van der Waals surface area contributed by atoms with E-state index in [-0.39, 0.29) is 4.90 Å². The van der Waals surface area contributed by atoms with Crippen LogP contribution < -0.4 is 4.72 Å². The molecule has 0 aliphatic carbocycles. The fraction of sp³-hybridized carbons (Fsp3) is 0.136. The van der Waals surface area contributed by atoms with Crippen molar-refractivity contribution < 1.29 is 16.8 Å². The highest BCUT2D eigenvalue weighted by Gasteiger charge is 2.37. The van der Waals surface area contributed by atoms with Crippen molar-refractivity contribution in [1.29, 1.82) is 0 Å². The summed E-state index contributed by atoms with van der Waals surface area (Å²) in [5, 5.41) is 4.49. The quantitative estimate of drug-likeness (QED) is 0.614. The molecule has 1 atom stereocenters. The standard InChI is InChI=1S/C22H21N3O4S2/c1-30(26,27)24-19-12-8-11-18(15-19)21-16-22(17-9-4-2-5-10-17)25(23-21)31(28,29)20-13-6-3-7-14-20/h2-15,22,24H,16H2,1H3/t22-/m0/s1. The fourth-order valence-electron chi connectivity index (χ4n) is 3.48. The van der Waals surface area contributed by atoms with Crippen molar-refractivity contribution in [2.75, 3.05) is 11.0 Å². The van der Waals surface area contributed by atoms with Gasteiger partial charge in [-0.2, -0.15) is 17.9 Å². The van der Waals surface area contributed by atoms with E-state index in [1.54, 1.807) is 54.6 Å². The van der Waals surface area contributed by atoms with Gasteiger partial charge in [0.05, 0.1) is 22.9 Å². The van der Waals surface area contributed by atoms with Gasteiger partial charge in [0.2, 0.25) is 10.0 Å². The second kappa shape index (κ2) is 8.16. The Kier molecular flexibility index (Phi) is 5.55. The average Bonchev–Trinajstić information content (AvgIpc) is 3.21. The zero-order valence-corrected chi connectivity index (χ0v) is 18.3. The van der Waals surface area contributed by atoms with Crippen molar-refractivity contribution in [1.82, 2.24) is 4.41 Å². The van der Waals surface area contributed by atoms with Crippen molar-refractivity contribution in [2.45, 2.75) is 17.4 Å².